The third-order valence-electron chi connectivity index (χ3n) is 3.79. The molecule has 0 aliphatic carbocycles. The molecule has 1 saturated heterocycles. The Bertz CT molecular complexity index is 430. The van der Waals surface area contributed by atoms with Crippen molar-refractivity contribution >= 4 is 5.97 Å². The van der Waals surface area contributed by atoms with E-state index in [9.17, 15) is 4.79 Å². The number of piperidine rings is 1. The Morgan fingerprint density at radius 2 is 2.22 bits per heavy atom. The van der Waals surface area contributed by atoms with E-state index in [0.717, 1.165) is 19.5 Å². The number of carbonyl (C=O) groups is 1. The number of hydrogen-bond donors (Lipinski definition) is 0. The first-order chi connectivity index (χ1) is 8.61. The van der Waals surface area contributed by atoms with Crippen LogP contribution in [0.1, 0.15) is 23.5 Å². The van der Waals surface area contributed by atoms with Crippen LogP contribution in [-0.2, 0) is 9.53 Å². The molecule has 1 fully saturated rings. The van der Waals surface area contributed by atoms with Gasteiger partial charge in [0.15, 0.2) is 0 Å². The van der Waals surface area contributed by atoms with Gasteiger partial charge in [0.1, 0.15) is 0 Å². The first-order valence-electron chi connectivity index (χ1n) is 6.44. The number of likely N-dealkylation sites (N-methyl/N-ethyl adjacent to an activating group) is 1. The lowest BCUT2D eigenvalue weighted by Crippen LogP contribution is -2.40. The number of benzene rings is 1. The first-order valence-corrected chi connectivity index (χ1v) is 6.44. The van der Waals surface area contributed by atoms with Gasteiger partial charge in [0.2, 0.25) is 0 Å². The van der Waals surface area contributed by atoms with E-state index in [1.807, 2.05) is 0 Å². The molecule has 0 saturated carbocycles. The van der Waals surface area contributed by atoms with Gasteiger partial charge in [-0.3, -0.25) is 4.79 Å². The fourth-order valence-electron chi connectivity index (χ4n) is 2.79. The van der Waals surface area contributed by atoms with Crippen molar-refractivity contribution in [1.29, 1.82) is 0 Å². The highest BCUT2D eigenvalue weighted by Crippen LogP contribution is 2.33. The van der Waals surface area contributed by atoms with Gasteiger partial charge in [-0.15, -0.1) is 0 Å². The SMILES string of the molecule is COC(=O)C1CCN(C)CC1c1cccc(C)c1. The number of ether oxygens (including phenoxy) is 1. The van der Waals surface area contributed by atoms with Crippen LogP contribution in [0.25, 0.3) is 0 Å². The number of nitrogens with zero attached hydrogens (tertiary/aromatic N) is 1. The van der Waals surface area contributed by atoms with Crippen LogP contribution >= 0.6 is 0 Å². The van der Waals surface area contributed by atoms with Crippen molar-refractivity contribution in [2.24, 2.45) is 5.92 Å². The molecule has 2 atom stereocenters. The number of rotatable bonds is 2. The van der Waals surface area contributed by atoms with Crippen molar-refractivity contribution in [3.05, 3.63) is 35.4 Å². The Balaban J connectivity index is 2.27. The third-order valence-corrected chi connectivity index (χ3v) is 3.79. The quantitative estimate of drug-likeness (QED) is 0.750. The lowest BCUT2D eigenvalue weighted by atomic mass is 9.80. The lowest BCUT2D eigenvalue weighted by molar-refractivity contribution is -0.147. The molecule has 0 amide bonds. The molecule has 0 N–H and O–H groups in total. The van der Waals surface area contributed by atoms with Crippen molar-refractivity contribution in [1.82, 2.24) is 4.90 Å². The molecular formula is C15H21NO2. The Labute approximate surface area is 109 Å². The summed E-state index contributed by atoms with van der Waals surface area (Å²) in [6, 6.07) is 8.45. The third kappa shape index (κ3) is 2.72. The summed E-state index contributed by atoms with van der Waals surface area (Å²) in [4.78, 5) is 14.2. The molecule has 3 nitrogen and oxygen atoms in total. The smallest absolute Gasteiger partial charge is 0.309 e. The molecule has 1 heterocycles. The van der Waals surface area contributed by atoms with Crippen LogP contribution in [0.2, 0.25) is 0 Å². The van der Waals surface area contributed by atoms with Crippen molar-refractivity contribution in [2.75, 3.05) is 27.2 Å². The standard InChI is InChI=1S/C15H21NO2/c1-11-5-4-6-12(9-11)14-10-16(2)8-7-13(14)15(17)18-3/h4-6,9,13-14H,7-8,10H2,1-3H3. The lowest BCUT2D eigenvalue weighted by Gasteiger charge is -2.35. The van der Waals surface area contributed by atoms with E-state index in [1.165, 1.54) is 18.2 Å². The molecule has 1 aliphatic heterocycles. The minimum absolute atomic E-state index is 0.00648. The number of esters is 1. The Morgan fingerprint density at radius 3 is 2.89 bits per heavy atom. The predicted octanol–water partition coefficient (Wildman–Crippen LogP) is 2.20. The topological polar surface area (TPSA) is 29.5 Å². The largest absolute Gasteiger partial charge is 0.469 e. The molecule has 1 aromatic rings. The minimum Gasteiger partial charge on any atom is -0.469 e. The summed E-state index contributed by atoms with van der Waals surface area (Å²) >= 11 is 0. The molecule has 1 aliphatic rings. The molecule has 1 aromatic carbocycles. The van der Waals surface area contributed by atoms with Gasteiger partial charge in [0.25, 0.3) is 0 Å². The van der Waals surface area contributed by atoms with E-state index in [-0.39, 0.29) is 17.8 Å². The predicted molar refractivity (Wildman–Crippen MR) is 71.5 cm³/mol. The first kappa shape index (κ1) is 13.1. The average molecular weight is 247 g/mol. The van der Waals surface area contributed by atoms with Crippen molar-refractivity contribution in [3.8, 4) is 0 Å². The number of aryl methyl sites for hydroxylation is 1. The summed E-state index contributed by atoms with van der Waals surface area (Å²) < 4.78 is 4.95. The maximum Gasteiger partial charge on any atom is 0.309 e. The van der Waals surface area contributed by atoms with Crippen LogP contribution in [0.4, 0.5) is 0 Å². The zero-order chi connectivity index (χ0) is 13.1. The van der Waals surface area contributed by atoms with Crippen LogP contribution in [0.15, 0.2) is 24.3 Å². The fourth-order valence-corrected chi connectivity index (χ4v) is 2.79. The highest BCUT2D eigenvalue weighted by atomic mass is 16.5. The second-order valence-corrected chi connectivity index (χ2v) is 5.20. The summed E-state index contributed by atoms with van der Waals surface area (Å²) in [7, 11) is 3.59. The van der Waals surface area contributed by atoms with Gasteiger partial charge in [-0.25, -0.2) is 0 Å². The number of hydrogen-bond acceptors (Lipinski definition) is 3. The molecule has 0 radical (unpaired) electrons. The molecule has 0 spiro atoms. The second kappa shape index (κ2) is 5.53. The fraction of sp³-hybridized carbons (Fsp3) is 0.533. The second-order valence-electron chi connectivity index (χ2n) is 5.20. The summed E-state index contributed by atoms with van der Waals surface area (Å²) in [5.41, 5.74) is 2.49. The summed E-state index contributed by atoms with van der Waals surface area (Å²) in [6.07, 6.45) is 0.877. The number of likely N-dealkylation sites (tertiary alicyclic amines) is 1. The normalized spacial score (nSPS) is 24.8. The Hall–Kier alpha value is -1.35. The van der Waals surface area contributed by atoms with E-state index < -0.39 is 0 Å². The van der Waals surface area contributed by atoms with Crippen LogP contribution in [0.3, 0.4) is 0 Å². The van der Waals surface area contributed by atoms with Crippen LogP contribution in [0, 0.1) is 12.8 Å². The molecule has 3 heteroatoms. The Kier molecular flexibility index (Phi) is 4.02. The zero-order valence-electron chi connectivity index (χ0n) is 11.3. The number of methoxy groups -OCH3 is 1. The highest BCUT2D eigenvalue weighted by molar-refractivity contribution is 5.73. The van der Waals surface area contributed by atoms with Crippen LogP contribution < -0.4 is 0 Å². The van der Waals surface area contributed by atoms with E-state index in [4.69, 9.17) is 4.74 Å². The number of carbonyl (C=O) groups excluding carboxylic acids is 1. The van der Waals surface area contributed by atoms with E-state index >= 15 is 0 Å². The monoisotopic (exact) mass is 247 g/mol. The molecule has 0 bridgehead atoms. The molecule has 0 aromatic heterocycles. The minimum atomic E-state index is -0.0744. The summed E-state index contributed by atoms with van der Waals surface area (Å²) in [5, 5.41) is 0. The van der Waals surface area contributed by atoms with Gasteiger partial charge in [-0.2, -0.15) is 0 Å². The van der Waals surface area contributed by atoms with Crippen molar-refractivity contribution in [3.63, 3.8) is 0 Å². The average Bonchev–Trinajstić information content (AvgIpc) is 2.38. The van der Waals surface area contributed by atoms with Gasteiger partial charge in [-0.05, 0) is 32.5 Å². The summed E-state index contributed by atoms with van der Waals surface area (Å²) in [6.45, 7) is 3.97. The molecule has 98 valence electrons. The van der Waals surface area contributed by atoms with Crippen LogP contribution in [0.5, 0.6) is 0 Å². The summed E-state index contributed by atoms with van der Waals surface area (Å²) in [5.74, 6) is 0.165. The molecule has 2 rings (SSSR count). The maximum atomic E-state index is 11.9. The van der Waals surface area contributed by atoms with Gasteiger partial charge in [-0.1, -0.05) is 29.8 Å². The van der Waals surface area contributed by atoms with Crippen molar-refractivity contribution in [2.45, 2.75) is 19.3 Å². The highest BCUT2D eigenvalue weighted by Gasteiger charge is 2.34. The maximum absolute atomic E-state index is 11.9. The Morgan fingerprint density at radius 1 is 1.44 bits per heavy atom. The van der Waals surface area contributed by atoms with Gasteiger partial charge in [0, 0.05) is 12.5 Å². The molecular weight excluding hydrogens is 226 g/mol. The molecule has 2 unspecified atom stereocenters. The molecule has 18 heavy (non-hydrogen) atoms. The van der Waals surface area contributed by atoms with E-state index in [0.29, 0.717) is 0 Å². The van der Waals surface area contributed by atoms with Gasteiger partial charge in [0.05, 0.1) is 13.0 Å². The zero-order valence-corrected chi connectivity index (χ0v) is 11.3. The van der Waals surface area contributed by atoms with Gasteiger partial charge < -0.3 is 9.64 Å². The van der Waals surface area contributed by atoms with Crippen molar-refractivity contribution < 1.29 is 9.53 Å². The van der Waals surface area contributed by atoms with E-state index in [2.05, 4.69) is 43.1 Å². The van der Waals surface area contributed by atoms with Gasteiger partial charge >= 0.3 is 5.97 Å². The van der Waals surface area contributed by atoms with Crippen LogP contribution in [-0.4, -0.2) is 38.1 Å². The van der Waals surface area contributed by atoms with E-state index in [1.54, 1.807) is 0 Å².